The summed E-state index contributed by atoms with van der Waals surface area (Å²) >= 11 is 2.46. The number of carboxylic acids is 1. The van der Waals surface area contributed by atoms with Crippen molar-refractivity contribution in [3.8, 4) is 0 Å². The Labute approximate surface area is 160 Å². The topological polar surface area (TPSA) is 157 Å². The molecule has 2 N–H and O–H groups in total. The number of hydrogen-bond acceptors (Lipinski definition) is 10. The number of β-lactam (4-membered cyclic amide) rings is 1. The molecule has 12 nitrogen and oxygen atoms in total. The number of aromatic nitrogens is 4. The van der Waals surface area contributed by atoms with E-state index in [4.69, 9.17) is 4.74 Å². The molecule has 27 heavy (non-hydrogen) atoms. The summed E-state index contributed by atoms with van der Waals surface area (Å²) < 4.78 is 6.62. The molecule has 0 bridgehead atoms. The van der Waals surface area contributed by atoms with E-state index >= 15 is 0 Å². The molecule has 0 saturated carbocycles. The second-order valence-electron chi connectivity index (χ2n) is 5.52. The number of amides is 2. The van der Waals surface area contributed by atoms with Crippen molar-refractivity contribution in [1.29, 1.82) is 0 Å². The first kappa shape index (κ1) is 19.3. The molecular weight excluding hydrogens is 400 g/mol. The molecular formula is C13H14N6O6S2. The number of fused-ring (bicyclic) bond motifs is 1. The maximum absolute atomic E-state index is 12.7. The van der Waals surface area contributed by atoms with Gasteiger partial charge in [0.25, 0.3) is 17.5 Å². The van der Waals surface area contributed by atoms with Crippen LogP contribution >= 0.6 is 23.5 Å². The zero-order chi connectivity index (χ0) is 19.8. The van der Waals surface area contributed by atoms with Gasteiger partial charge in [0.05, 0.1) is 0 Å². The third kappa shape index (κ3) is 3.08. The molecule has 1 fully saturated rings. The average Bonchev–Trinajstić information content (AvgIpc) is 3.07. The highest BCUT2D eigenvalue weighted by atomic mass is 32.2. The molecule has 0 radical (unpaired) electrons. The summed E-state index contributed by atoms with van der Waals surface area (Å²) in [5.74, 6) is -2.50. The minimum atomic E-state index is -1.77. The van der Waals surface area contributed by atoms with Gasteiger partial charge in [-0.2, -0.15) is 0 Å². The first-order valence-corrected chi connectivity index (χ1v) is 9.47. The summed E-state index contributed by atoms with van der Waals surface area (Å²) in [7, 11) is 2.86. The number of nitrogens with zero attached hydrogens (tertiary/aromatic N) is 5. The largest absolute Gasteiger partial charge is 0.477 e. The predicted molar refractivity (Wildman–Crippen MR) is 91.2 cm³/mol. The Kier molecular flexibility index (Phi) is 5.21. The SMILES string of the molecule is CO[C@@]1(NC(=O)C=O)C(=O)N2C(C(=O)O)=C(CSc3nnnn3C)CS[C@@H]21. The molecule has 14 heteroatoms. The Morgan fingerprint density at radius 3 is 2.85 bits per heavy atom. The van der Waals surface area contributed by atoms with Crippen LogP contribution in [0.3, 0.4) is 0 Å². The van der Waals surface area contributed by atoms with Crippen molar-refractivity contribution >= 4 is 47.6 Å². The van der Waals surface area contributed by atoms with Crippen molar-refractivity contribution in [3.63, 3.8) is 0 Å². The Hall–Kier alpha value is -2.45. The number of aliphatic carboxylic acids is 1. The summed E-state index contributed by atoms with van der Waals surface area (Å²) in [4.78, 5) is 47.6. The van der Waals surface area contributed by atoms with Gasteiger partial charge in [0.2, 0.25) is 11.4 Å². The van der Waals surface area contributed by atoms with Crippen LogP contribution in [0.5, 0.6) is 0 Å². The molecule has 0 aliphatic carbocycles. The number of nitrogens with one attached hydrogen (secondary N) is 1. The average molecular weight is 414 g/mol. The summed E-state index contributed by atoms with van der Waals surface area (Å²) in [6.07, 6.45) is 0.0230. The number of aryl methyl sites for hydroxylation is 1. The number of ether oxygens (including phenoxy) is 1. The smallest absolute Gasteiger partial charge is 0.352 e. The van der Waals surface area contributed by atoms with Gasteiger partial charge in [0, 0.05) is 25.7 Å². The number of hydrogen-bond donors (Lipinski definition) is 2. The van der Waals surface area contributed by atoms with E-state index in [-0.39, 0.29) is 23.5 Å². The zero-order valence-electron chi connectivity index (χ0n) is 14.1. The maximum Gasteiger partial charge on any atom is 0.352 e. The first-order chi connectivity index (χ1) is 12.9. The van der Waals surface area contributed by atoms with Crippen molar-refractivity contribution in [3.05, 3.63) is 11.3 Å². The van der Waals surface area contributed by atoms with E-state index < -0.39 is 28.9 Å². The van der Waals surface area contributed by atoms with Crippen LogP contribution in [-0.2, 0) is 31.0 Å². The molecule has 1 aromatic heterocycles. The summed E-state index contributed by atoms with van der Waals surface area (Å²) in [6.45, 7) is 0. The number of carbonyl (C=O) groups is 4. The second-order valence-corrected chi connectivity index (χ2v) is 7.53. The van der Waals surface area contributed by atoms with Crippen LogP contribution in [0.4, 0.5) is 0 Å². The maximum atomic E-state index is 12.7. The number of rotatable bonds is 7. The lowest BCUT2D eigenvalue weighted by atomic mass is 9.98. The lowest BCUT2D eigenvalue weighted by Gasteiger charge is -2.55. The Bertz CT molecular complexity index is 856. The van der Waals surface area contributed by atoms with E-state index in [1.807, 2.05) is 0 Å². The molecule has 2 atom stereocenters. The van der Waals surface area contributed by atoms with Crippen molar-refractivity contribution in [2.24, 2.45) is 7.05 Å². The van der Waals surface area contributed by atoms with Gasteiger partial charge in [-0.25, -0.2) is 9.48 Å². The molecule has 0 spiro atoms. The molecule has 3 rings (SSSR count). The normalized spacial score (nSPS) is 24.3. The van der Waals surface area contributed by atoms with Crippen LogP contribution in [0.15, 0.2) is 16.4 Å². The summed E-state index contributed by atoms with van der Waals surface area (Å²) in [5, 5.41) is 22.6. The Morgan fingerprint density at radius 1 is 1.56 bits per heavy atom. The minimum Gasteiger partial charge on any atom is -0.477 e. The fraction of sp³-hybridized carbons (Fsp3) is 0.462. The fourth-order valence-electron chi connectivity index (χ4n) is 2.76. The number of aldehydes is 1. The van der Waals surface area contributed by atoms with E-state index in [1.165, 1.54) is 35.3 Å². The number of thioether (sulfide) groups is 2. The van der Waals surface area contributed by atoms with E-state index in [1.54, 1.807) is 7.05 Å². The van der Waals surface area contributed by atoms with E-state index in [9.17, 15) is 24.3 Å². The van der Waals surface area contributed by atoms with Crippen molar-refractivity contribution in [1.82, 2.24) is 30.4 Å². The highest BCUT2D eigenvalue weighted by Gasteiger charge is 2.66. The minimum absolute atomic E-state index is 0.0230. The molecule has 144 valence electrons. The molecule has 0 unspecified atom stereocenters. The third-order valence-electron chi connectivity index (χ3n) is 4.01. The van der Waals surface area contributed by atoms with E-state index in [2.05, 4.69) is 20.8 Å². The van der Waals surface area contributed by atoms with Crippen LogP contribution in [0, 0.1) is 0 Å². The first-order valence-electron chi connectivity index (χ1n) is 7.44. The highest BCUT2D eigenvalue weighted by Crippen LogP contribution is 2.47. The van der Waals surface area contributed by atoms with Gasteiger partial charge in [-0.1, -0.05) is 11.8 Å². The van der Waals surface area contributed by atoms with Gasteiger partial charge in [-0.05, 0) is 16.0 Å². The van der Waals surface area contributed by atoms with Gasteiger partial charge >= 0.3 is 5.97 Å². The molecule has 0 aromatic carbocycles. The molecule has 1 aromatic rings. The highest BCUT2D eigenvalue weighted by molar-refractivity contribution is 8.01. The van der Waals surface area contributed by atoms with E-state index in [0.717, 1.165) is 4.90 Å². The molecule has 2 aliphatic heterocycles. The third-order valence-corrected chi connectivity index (χ3v) is 6.48. The number of carbonyl (C=O) groups excluding carboxylic acids is 3. The quantitative estimate of drug-likeness (QED) is 0.171. The van der Waals surface area contributed by atoms with Crippen LogP contribution < -0.4 is 5.32 Å². The monoisotopic (exact) mass is 414 g/mol. The second kappa shape index (κ2) is 7.28. The molecule has 1 saturated heterocycles. The van der Waals surface area contributed by atoms with Crippen LogP contribution in [0.1, 0.15) is 0 Å². The standard InChI is InChI=1S/C13H14N6O6S2/c1-18-12(15-16-17-18)27-5-6-4-26-11-13(25-2,14-7(21)3-20)10(24)19(11)8(6)9(22)23/h3,11H,4-5H2,1-2H3,(H,14,21)(H,22,23)/t11-,13+/m1/s1. The number of methoxy groups -OCH3 is 1. The van der Waals surface area contributed by atoms with Gasteiger partial charge < -0.3 is 15.2 Å². The van der Waals surface area contributed by atoms with Gasteiger partial charge in [0.1, 0.15) is 11.1 Å². The molecule has 2 aliphatic rings. The van der Waals surface area contributed by atoms with Crippen LogP contribution in [-0.4, -0.2) is 84.0 Å². The number of carboxylic acid groups (broad SMARTS) is 1. The van der Waals surface area contributed by atoms with Gasteiger partial charge in [-0.15, -0.1) is 16.9 Å². The molecule has 3 heterocycles. The van der Waals surface area contributed by atoms with Gasteiger partial charge in [-0.3, -0.25) is 19.3 Å². The number of tetrazole rings is 1. The van der Waals surface area contributed by atoms with Gasteiger partial charge in [0.15, 0.2) is 0 Å². The lowest BCUT2D eigenvalue weighted by Crippen LogP contribution is -2.80. The lowest BCUT2D eigenvalue weighted by molar-refractivity contribution is -0.192. The Balaban J connectivity index is 1.87. The summed E-state index contributed by atoms with van der Waals surface area (Å²) in [5.41, 5.74) is -1.42. The summed E-state index contributed by atoms with van der Waals surface area (Å²) in [6, 6.07) is 0. The predicted octanol–water partition coefficient (Wildman–Crippen LogP) is -1.79. The van der Waals surface area contributed by atoms with E-state index in [0.29, 0.717) is 10.7 Å². The fourth-order valence-corrected chi connectivity index (χ4v) is 5.19. The molecule has 2 amide bonds. The van der Waals surface area contributed by atoms with Crippen LogP contribution in [0.2, 0.25) is 0 Å². The van der Waals surface area contributed by atoms with Crippen molar-refractivity contribution < 1.29 is 29.0 Å². The zero-order valence-corrected chi connectivity index (χ0v) is 15.7. The van der Waals surface area contributed by atoms with Crippen molar-refractivity contribution in [2.75, 3.05) is 18.6 Å². The van der Waals surface area contributed by atoms with Crippen LogP contribution in [0.25, 0.3) is 0 Å². The Morgan fingerprint density at radius 2 is 2.30 bits per heavy atom. The van der Waals surface area contributed by atoms with Crippen molar-refractivity contribution in [2.45, 2.75) is 16.3 Å².